The van der Waals surface area contributed by atoms with E-state index in [2.05, 4.69) is 17.2 Å². The molecule has 0 unspecified atom stereocenters. The predicted octanol–water partition coefficient (Wildman–Crippen LogP) is 2.30. The minimum Gasteiger partial charge on any atom is -0.326 e. The largest absolute Gasteiger partial charge is 0.326 e. The highest BCUT2D eigenvalue weighted by Crippen LogP contribution is 2.40. The monoisotopic (exact) mass is 215 g/mol. The van der Waals surface area contributed by atoms with E-state index in [4.69, 9.17) is 5.73 Å². The van der Waals surface area contributed by atoms with Gasteiger partial charge in [-0.2, -0.15) is 5.10 Å². The molecule has 0 amide bonds. The molecule has 1 aromatic heterocycles. The van der Waals surface area contributed by atoms with Gasteiger partial charge < -0.3 is 5.73 Å². The number of fused-ring (bicyclic) bond motifs is 1. The highest BCUT2D eigenvalue weighted by molar-refractivity contribution is 5.85. The fourth-order valence-electron chi connectivity index (χ4n) is 2.66. The zero-order valence-electron chi connectivity index (χ0n) is 9.61. The van der Waals surface area contributed by atoms with Crippen LogP contribution in [0.15, 0.2) is 18.2 Å². The van der Waals surface area contributed by atoms with Crippen molar-refractivity contribution in [2.24, 2.45) is 12.8 Å². The molecule has 0 bridgehead atoms. The number of nitrogens with zero attached hydrogens (tertiary/aromatic N) is 2. The first-order valence-corrected chi connectivity index (χ1v) is 5.96. The summed E-state index contributed by atoms with van der Waals surface area (Å²) >= 11 is 0. The van der Waals surface area contributed by atoms with E-state index in [-0.39, 0.29) is 0 Å². The molecule has 2 N–H and O–H groups in total. The van der Waals surface area contributed by atoms with E-state index < -0.39 is 0 Å². The molecule has 1 saturated carbocycles. The van der Waals surface area contributed by atoms with E-state index in [1.165, 1.54) is 35.9 Å². The maximum Gasteiger partial charge on any atom is 0.0929 e. The average molecular weight is 215 g/mol. The summed E-state index contributed by atoms with van der Waals surface area (Å²) in [7, 11) is 2.05. The molecule has 1 aliphatic carbocycles. The first kappa shape index (κ1) is 9.85. The molecule has 0 spiro atoms. The summed E-state index contributed by atoms with van der Waals surface area (Å²) < 4.78 is 2.05. The zero-order chi connectivity index (χ0) is 11.1. The Bertz CT molecular complexity index is 523. The standard InChI is InChI=1S/C13H17N3/c1-16-13(9-4-2-5-9)12-10(8-14)6-3-7-11(12)15-16/h3,6-7,9H,2,4-5,8,14H2,1H3. The fraction of sp³-hybridized carbons (Fsp3) is 0.462. The fourth-order valence-corrected chi connectivity index (χ4v) is 2.66. The van der Waals surface area contributed by atoms with Gasteiger partial charge in [0.1, 0.15) is 0 Å². The maximum absolute atomic E-state index is 5.82. The van der Waals surface area contributed by atoms with Crippen molar-refractivity contribution >= 4 is 10.9 Å². The number of benzene rings is 1. The summed E-state index contributed by atoms with van der Waals surface area (Å²) in [5.74, 6) is 0.697. The first-order valence-electron chi connectivity index (χ1n) is 5.96. The molecule has 1 heterocycles. The molecule has 0 radical (unpaired) electrons. The quantitative estimate of drug-likeness (QED) is 0.835. The van der Waals surface area contributed by atoms with E-state index in [9.17, 15) is 0 Å². The Balaban J connectivity index is 2.27. The maximum atomic E-state index is 5.82. The first-order chi connectivity index (χ1) is 7.81. The van der Waals surface area contributed by atoms with Crippen LogP contribution < -0.4 is 5.73 Å². The Morgan fingerprint density at radius 2 is 2.25 bits per heavy atom. The molecule has 3 heteroatoms. The molecule has 84 valence electrons. The summed E-state index contributed by atoms with van der Waals surface area (Å²) in [5, 5.41) is 5.89. The molecule has 3 rings (SSSR count). The van der Waals surface area contributed by atoms with Crippen molar-refractivity contribution in [1.29, 1.82) is 0 Å². The molecule has 0 saturated heterocycles. The van der Waals surface area contributed by atoms with Gasteiger partial charge in [0.2, 0.25) is 0 Å². The highest BCUT2D eigenvalue weighted by Gasteiger charge is 2.26. The van der Waals surface area contributed by atoms with Gasteiger partial charge in [-0.3, -0.25) is 4.68 Å². The smallest absolute Gasteiger partial charge is 0.0929 e. The minimum absolute atomic E-state index is 0.600. The van der Waals surface area contributed by atoms with Gasteiger partial charge in [-0.05, 0) is 24.5 Å². The lowest BCUT2D eigenvalue weighted by molar-refractivity contribution is 0.399. The van der Waals surface area contributed by atoms with Crippen LogP contribution in [0.5, 0.6) is 0 Å². The second kappa shape index (κ2) is 3.59. The summed E-state index contributed by atoms with van der Waals surface area (Å²) in [5.41, 5.74) is 9.53. The number of aryl methyl sites for hydroxylation is 1. The predicted molar refractivity (Wildman–Crippen MR) is 65.2 cm³/mol. The van der Waals surface area contributed by atoms with Crippen LogP contribution in [0.1, 0.15) is 36.4 Å². The number of hydrogen-bond acceptors (Lipinski definition) is 2. The van der Waals surface area contributed by atoms with Crippen molar-refractivity contribution in [2.45, 2.75) is 31.7 Å². The third kappa shape index (κ3) is 1.28. The van der Waals surface area contributed by atoms with E-state index in [1.54, 1.807) is 0 Å². The molecule has 1 aromatic carbocycles. The Morgan fingerprint density at radius 3 is 2.88 bits per heavy atom. The molecular weight excluding hydrogens is 198 g/mol. The van der Waals surface area contributed by atoms with Crippen molar-refractivity contribution in [3.63, 3.8) is 0 Å². The van der Waals surface area contributed by atoms with E-state index >= 15 is 0 Å². The number of hydrogen-bond donors (Lipinski definition) is 1. The van der Waals surface area contributed by atoms with Gasteiger partial charge in [-0.15, -0.1) is 0 Å². The van der Waals surface area contributed by atoms with Crippen LogP contribution >= 0.6 is 0 Å². The second-order valence-electron chi connectivity index (χ2n) is 4.65. The average Bonchev–Trinajstić information content (AvgIpc) is 2.53. The SMILES string of the molecule is Cn1nc2cccc(CN)c2c1C1CCC1. The topological polar surface area (TPSA) is 43.8 Å². The Morgan fingerprint density at radius 1 is 1.44 bits per heavy atom. The molecule has 16 heavy (non-hydrogen) atoms. The van der Waals surface area contributed by atoms with Crippen LogP contribution in [0, 0.1) is 0 Å². The Labute approximate surface area is 95.2 Å². The molecule has 2 aromatic rings. The van der Waals surface area contributed by atoms with Crippen LogP contribution in [0.25, 0.3) is 10.9 Å². The van der Waals surface area contributed by atoms with Crippen molar-refractivity contribution in [1.82, 2.24) is 9.78 Å². The van der Waals surface area contributed by atoms with Gasteiger partial charge in [0.25, 0.3) is 0 Å². The number of aromatic nitrogens is 2. The summed E-state index contributed by atoms with van der Waals surface area (Å²) in [6.07, 6.45) is 3.95. The minimum atomic E-state index is 0.600. The van der Waals surface area contributed by atoms with E-state index in [1.807, 2.05) is 17.8 Å². The molecule has 3 nitrogen and oxygen atoms in total. The summed E-state index contributed by atoms with van der Waals surface area (Å²) in [6.45, 7) is 0.600. The van der Waals surface area contributed by atoms with Crippen molar-refractivity contribution in [2.75, 3.05) is 0 Å². The van der Waals surface area contributed by atoms with Crippen LogP contribution in [-0.4, -0.2) is 9.78 Å². The third-order valence-electron chi connectivity index (χ3n) is 3.70. The van der Waals surface area contributed by atoms with E-state index in [0.717, 1.165) is 5.52 Å². The van der Waals surface area contributed by atoms with Gasteiger partial charge in [0.05, 0.1) is 5.52 Å². The Kier molecular flexibility index (Phi) is 2.21. The van der Waals surface area contributed by atoms with Gasteiger partial charge >= 0.3 is 0 Å². The Hall–Kier alpha value is -1.35. The lowest BCUT2D eigenvalue weighted by atomic mass is 9.81. The van der Waals surface area contributed by atoms with Crippen LogP contribution in [0.4, 0.5) is 0 Å². The number of rotatable bonds is 2. The van der Waals surface area contributed by atoms with Crippen molar-refractivity contribution < 1.29 is 0 Å². The summed E-state index contributed by atoms with van der Waals surface area (Å²) in [6, 6.07) is 6.24. The van der Waals surface area contributed by atoms with Crippen molar-refractivity contribution in [3.05, 3.63) is 29.5 Å². The normalized spacial score (nSPS) is 16.6. The van der Waals surface area contributed by atoms with E-state index in [0.29, 0.717) is 12.5 Å². The van der Waals surface area contributed by atoms with Crippen molar-refractivity contribution in [3.8, 4) is 0 Å². The lowest BCUT2D eigenvalue weighted by Gasteiger charge is -2.26. The van der Waals surface area contributed by atoms with Gasteiger partial charge in [0, 0.05) is 30.6 Å². The van der Waals surface area contributed by atoms with Gasteiger partial charge in [0.15, 0.2) is 0 Å². The van der Waals surface area contributed by atoms with Gasteiger partial charge in [-0.1, -0.05) is 18.6 Å². The highest BCUT2D eigenvalue weighted by atomic mass is 15.3. The van der Waals surface area contributed by atoms with Crippen LogP contribution in [-0.2, 0) is 13.6 Å². The summed E-state index contributed by atoms with van der Waals surface area (Å²) in [4.78, 5) is 0. The third-order valence-corrected chi connectivity index (χ3v) is 3.70. The van der Waals surface area contributed by atoms with Crippen LogP contribution in [0.3, 0.4) is 0 Å². The lowest BCUT2D eigenvalue weighted by Crippen LogP contribution is -2.14. The molecule has 1 fully saturated rings. The molecular formula is C13H17N3. The second-order valence-corrected chi connectivity index (χ2v) is 4.65. The van der Waals surface area contributed by atoms with Crippen LogP contribution in [0.2, 0.25) is 0 Å². The molecule has 0 atom stereocenters. The number of nitrogens with two attached hydrogens (primary N) is 1. The molecule has 0 aliphatic heterocycles. The zero-order valence-corrected chi connectivity index (χ0v) is 9.61. The van der Waals surface area contributed by atoms with Gasteiger partial charge in [-0.25, -0.2) is 0 Å². The molecule has 1 aliphatic rings.